The van der Waals surface area contributed by atoms with Crippen LogP contribution in [0.2, 0.25) is 0 Å². The summed E-state index contributed by atoms with van der Waals surface area (Å²) in [5.41, 5.74) is 7.40. The van der Waals surface area contributed by atoms with Gasteiger partial charge in [0.1, 0.15) is 0 Å². The monoisotopic (exact) mass is 299 g/mol. The van der Waals surface area contributed by atoms with Crippen LogP contribution in [0.3, 0.4) is 0 Å². The zero-order valence-electron chi connectivity index (χ0n) is 12.7. The number of hydrogen-bond acceptors (Lipinski definition) is 4. The minimum absolute atomic E-state index is 0.255. The third kappa shape index (κ3) is 3.64. The van der Waals surface area contributed by atoms with Crippen LogP contribution in [0.4, 0.5) is 11.4 Å². The Balaban J connectivity index is 3.27. The Morgan fingerprint density at radius 2 is 1.95 bits per heavy atom. The van der Waals surface area contributed by atoms with Gasteiger partial charge in [0.05, 0.1) is 16.3 Å². The van der Waals surface area contributed by atoms with Crippen molar-refractivity contribution >= 4 is 21.4 Å². The molecule has 0 saturated carbocycles. The van der Waals surface area contributed by atoms with Gasteiger partial charge in [0.2, 0.25) is 10.0 Å². The maximum Gasteiger partial charge on any atom is 0.240 e. The van der Waals surface area contributed by atoms with Crippen LogP contribution in [0.5, 0.6) is 0 Å². The molecule has 0 radical (unpaired) electrons. The van der Waals surface area contributed by atoms with Crippen molar-refractivity contribution in [3.05, 3.63) is 18.2 Å². The van der Waals surface area contributed by atoms with Crippen LogP contribution < -0.4 is 15.4 Å². The highest BCUT2D eigenvalue weighted by atomic mass is 32.2. The standard InChI is InChI=1S/C14H25N3O2S/c1-5-11(4)17(7-3)14-10-12(8-9-13(14)15)20(18,19)16-6-2/h8-11,16H,5-7,15H2,1-4H3. The summed E-state index contributed by atoms with van der Waals surface area (Å²) in [5, 5.41) is 0. The van der Waals surface area contributed by atoms with Crippen LogP contribution in [0.1, 0.15) is 34.1 Å². The molecule has 1 aromatic carbocycles. The fourth-order valence-corrected chi connectivity index (χ4v) is 3.21. The largest absolute Gasteiger partial charge is 0.397 e. The number of sulfonamides is 1. The first-order valence-corrected chi connectivity index (χ1v) is 8.51. The molecule has 1 atom stereocenters. The SMILES string of the molecule is CCNS(=O)(=O)c1ccc(N)c(N(CC)C(C)CC)c1. The van der Waals surface area contributed by atoms with Crippen LogP contribution in [-0.4, -0.2) is 27.5 Å². The van der Waals surface area contributed by atoms with E-state index in [1.165, 1.54) is 0 Å². The summed E-state index contributed by atoms with van der Waals surface area (Å²) in [6, 6.07) is 5.16. The van der Waals surface area contributed by atoms with Crippen molar-refractivity contribution in [3.63, 3.8) is 0 Å². The van der Waals surface area contributed by atoms with Crippen molar-refractivity contribution in [2.24, 2.45) is 0 Å². The van der Waals surface area contributed by atoms with Gasteiger partial charge < -0.3 is 10.6 Å². The maximum absolute atomic E-state index is 12.1. The predicted octanol–water partition coefficient (Wildman–Crippen LogP) is 2.19. The molecule has 5 nitrogen and oxygen atoms in total. The van der Waals surface area contributed by atoms with E-state index in [1.807, 2.05) is 6.92 Å². The van der Waals surface area contributed by atoms with Gasteiger partial charge in [0.25, 0.3) is 0 Å². The molecule has 3 N–H and O–H groups in total. The van der Waals surface area contributed by atoms with E-state index in [4.69, 9.17) is 5.73 Å². The highest BCUT2D eigenvalue weighted by Crippen LogP contribution is 2.28. The molecule has 1 rings (SSSR count). The maximum atomic E-state index is 12.1. The molecule has 0 bridgehead atoms. The Morgan fingerprint density at radius 3 is 2.45 bits per heavy atom. The second-order valence-electron chi connectivity index (χ2n) is 4.77. The van der Waals surface area contributed by atoms with E-state index in [2.05, 4.69) is 23.5 Å². The van der Waals surface area contributed by atoms with Crippen LogP contribution in [-0.2, 0) is 10.0 Å². The van der Waals surface area contributed by atoms with E-state index in [1.54, 1.807) is 25.1 Å². The van der Waals surface area contributed by atoms with Gasteiger partial charge in [-0.1, -0.05) is 13.8 Å². The number of nitrogens with two attached hydrogens (primary N) is 1. The number of nitrogens with one attached hydrogen (secondary N) is 1. The molecule has 1 unspecified atom stereocenters. The minimum atomic E-state index is -3.46. The molecule has 0 fully saturated rings. The molecule has 0 aliphatic carbocycles. The Morgan fingerprint density at radius 1 is 1.30 bits per heavy atom. The Hall–Kier alpha value is -1.27. The summed E-state index contributed by atoms with van der Waals surface area (Å²) in [7, 11) is -3.46. The smallest absolute Gasteiger partial charge is 0.240 e. The lowest BCUT2D eigenvalue weighted by Gasteiger charge is -2.31. The van der Waals surface area contributed by atoms with Gasteiger partial charge in [-0.15, -0.1) is 0 Å². The van der Waals surface area contributed by atoms with Gasteiger partial charge in [0.15, 0.2) is 0 Å². The summed E-state index contributed by atoms with van der Waals surface area (Å²) in [6.07, 6.45) is 0.970. The molecule has 20 heavy (non-hydrogen) atoms. The molecule has 0 aliphatic rings. The van der Waals surface area contributed by atoms with E-state index in [0.29, 0.717) is 18.3 Å². The normalized spacial score (nSPS) is 13.2. The number of nitrogen functional groups attached to an aromatic ring is 1. The first-order chi connectivity index (χ1) is 9.37. The van der Waals surface area contributed by atoms with Crippen LogP contribution in [0.15, 0.2) is 23.1 Å². The van der Waals surface area contributed by atoms with Gasteiger partial charge in [-0.05, 0) is 38.5 Å². The number of benzene rings is 1. The number of rotatable bonds is 7. The summed E-state index contributed by atoms with van der Waals surface area (Å²) in [4.78, 5) is 2.38. The quantitative estimate of drug-likeness (QED) is 0.757. The van der Waals surface area contributed by atoms with Gasteiger partial charge in [-0.25, -0.2) is 13.1 Å². The fraction of sp³-hybridized carbons (Fsp3) is 0.571. The fourth-order valence-electron chi connectivity index (χ4n) is 2.15. The second kappa shape index (κ2) is 6.95. The van der Waals surface area contributed by atoms with Crippen LogP contribution >= 0.6 is 0 Å². The van der Waals surface area contributed by atoms with Crippen molar-refractivity contribution < 1.29 is 8.42 Å². The Kier molecular flexibility index (Phi) is 5.83. The lowest BCUT2D eigenvalue weighted by atomic mass is 10.1. The summed E-state index contributed by atoms with van der Waals surface area (Å²) < 4.78 is 26.6. The van der Waals surface area contributed by atoms with E-state index >= 15 is 0 Å². The van der Waals surface area contributed by atoms with Crippen LogP contribution in [0.25, 0.3) is 0 Å². The van der Waals surface area contributed by atoms with E-state index in [9.17, 15) is 8.42 Å². The van der Waals surface area contributed by atoms with Crippen molar-refractivity contribution in [2.45, 2.75) is 45.1 Å². The highest BCUT2D eigenvalue weighted by molar-refractivity contribution is 7.89. The Bertz CT molecular complexity index is 543. The minimum Gasteiger partial charge on any atom is -0.397 e. The number of anilines is 2. The van der Waals surface area contributed by atoms with Crippen molar-refractivity contribution in [3.8, 4) is 0 Å². The zero-order valence-corrected chi connectivity index (χ0v) is 13.5. The molecule has 0 spiro atoms. The molecular formula is C14H25N3O2S. The lowest BCUT2D eigenvalue weighted by molar-refractivity contribution is 0.583. The average molecular weight is 299 g/mol. The van der Waals surface area contributed by atoms with Crippen molar-refractivity contribution in [1.82, 2.24) is 4.72 Å². The number of nitrogens with zero attached hydrogens (tertiary/aromatic N) is 1. The Labute approximate surface area is 122 Å². The molecule has 0 heterocycles. The highest BCUT2D eigenvalue weighted by Gasteiger charge is 2.18. The molecule has 0 aromatic heterocycles. The van der Waals surface area contributed by atoms with E-state index in [0.717, 1.165) is 18.7 Å². The molecule has 0 saturated heterocycles. The molecular weight excluding hydrogens is 274 g/mol. The lowest BCUT2D eigenvalue weighted by Crippen LogP contribution is -2.33. The topological polar surface area (TPSA) is 75.4 Å². The van der Waals surface area contributed by atoms with Gasteiger partial charge >= 0.3 is 0 Å². The molecule has 0 aliphatic heterocycles. The van der Waals surface area contributed by atoms with Crippen molar-refractivity contribution in [2.75, 3.05) is 23.7 Å². The van der Waals surface area contributed by atoms with Gasteiger partial charge in [0, 0.05) is 19.1 Å². The number of hydrogen-bond donors (Lipinski definition) is 2. The summed E-state index contributed by atoms with van der Waals surface area (Å²) in [6.45, 7) is 9.15. The molecule has 114 valence electrons. The third-order valence-electron chi connectivity index (χ3n) is 3.42. The first-order valence-electron chi connectivity index (χ1n) is 7.03. The van der Waals surface area contributed by atoms with Gasteiger partial charge in [-0.3, -0.25) is 0 Å². The van der Waals surface area contributed by atoms with E-state index in [-0.39, 0.29) is 4.90 Å². The molecule has 1 aromatic rings. The average Bonchev–Trinajstić information content (AvgIpc) is 2.41. The third-order valence-corrected chi connectivity index (χ3v) is 4.96. The predicted molar refractivity (Wildman–Crippen MR) is 84.5 cm³/mol. The van der Waals surface area contributed by atoms with E-state index < -0.39 is 10.0 Å². The molecule has 6 heteroatoms. The molecule has 0 amide bonds. The summed E-state index contributed by atoms with van der Waals surface area (Å²) >= 11 is 0. The van der Waals surface area contributed by atoms with Gasteiger partial charge in [-0.2, -0.15) is 0 Å². The zero-order chi connectivity index (χ0) is 15.3. The second-order valence-corrected chi connectivity index (χ2v) is 6.53. The van der Waals surface area contributed by atoms with Crippen LogP contribution in [0, 0.1) is 0 Å². The first kappa shape index (κ1) is 16.8. The van der Waals surface area contributed by atoms with Crippen molar-refractivity contribution in [1.29, 1.82) is 0 Å². The summed E-state index contributed by atoms with van der Waals surface area (Å²) in [5.74, 6) is 0.